The van der Waals surface area contributed by atoms with Gasteiger partial charge in [-0.15, -0.1) is 0 Å². The van der Waals surface area contributed by atoms with E-state index >= 15 is 0 Å². The predicted molar refractivity (Wildman–Crippen MR) is 85.0 cm³/mol. The van der Waals surface area contributed by atoms with Crippen LogP contribution in [0.2, 0.25) is 0 Å². The monoisotopic (exact) mass is 293 g/mol. The Balaban J connectivity index is 1.66. The second-order valence-electron chi connectivity index (χ2n) is 7.26. The van der Waals surface area contributed by atoms with Gasteiger partial charge in [0.15, 0.2) is 0 Å². The summed E-state index contributed by atoms with van der Waals surface area (Å²) in [6, 6.07) is 0.488. The minimum Gasteiger partial charge on any atom is -0.324 e. The zero-order chi connectivity index (χ0) is 14.9. The Hall–Kier alpha value is -0.610. The largest absolute Gasteiger partial charge is 0.324 e. The van der Waals surface area contributed by atoms with Gasteiger partial charge in [0.25, 0.3) is 0 Å². The highest BCUT2D eigenvalue weighted by Gasteiger charge is 2.51. The average molecular weight is 293 g/mol. The van der Waals surface area contributed by atoms with Crippen LogP contribution in [0.3, 0.4) is 0 Å². The number of carbonyl (C=O) groups excluding carboxylic acids is 1. The molecule has 4 heteroatoms. The molecule has 4 nitrogen and oxygen atoms in total. The number of nitrogens with zero attached hydrogens (tertiary/aromatic N) is 2. The normalized spacial score (nSPS) is 31.2. The first-order valence-electron chi connectivity index (χ1n) is 8.99. The van der Waals surface area contributed by atoms with Gasteiger partial charge in [-0.2, -0.15) is 0 Å². The van der Waals surface area contributed by atoms with Crippen LogP contribution in [-0.4, -0.2) is 53.1 Å². The van der Waals surface area contributed by atoms with Gasteiger partial charge in [-0.1, -0.05) is 26.2 Å². The van der Waals surface area contributed by atoms with Gasteiger partial charge in [0.1, 0.15) is 0 Å². The molecular weight excluding hydrogens is 262 g/mol. The summed E-state index contributed by atoms with van der Waals surface area (Å²) in [6.07, 6.45) is 9.75. The summed E-state index contributed by atoms with van der Waals surface area (Å²) in [4.78, 5) is 17.7. The molecule has 0 aromatic carbocycles. The highest BCUT2D eigenvalue weighted by molar-refractivity contribution is 5.89. The minimum atomic E-state index is -0.206. The Morgan fingerprint density at radius 1 is 1.19 bits per heavy atom. The second-order valence-corrected chi connectivity index (χ2v) is 7.26. The fraction of sp³-hybridized carbons (Fsp3) is 0.941. The van der Waals surface area contributed by atoms with Crippen molar-refractivity contribution < 1.29 is 4.79 Å². The van der Waals surface area contributed by atoms with Gasteiger partial charge in [0.2, 0.25) is 5.91 Å². The molecule has 3 aliphatic rings. The van der Waals surface area contributed by atoms with E-state index in [0.717, 1.165) is 25.8 Å². The zero-order valence-corrected chi connectivity index (χ0v) is 13.7. The van der Waals surface area contributed by atoms with E-state index in [2.05, 4.69) is 29.0 Å². The smallest absolute Gasteiger partial charge is 0.244 e. The number of likely N-dealkylation sites (tertiary alicyclic amines) is 1. The van der Waals surface area contributed by atoms with E-state index in [1.165, 1.54) is 45.2 Å². The molecule has 0 bridgehead atoms. The third-order valence-corrected chi connectivity index (χ3v) is 5.81. The third-order valence-electron chi connectivity index (χ3n) is 5.81. The molecule has 0 aromatic heterocycles. The molecule has 120 valence electrons. The topological polar surface area (TPSA) is 35.6 Å². The molecule has 0 radical (unpaired) electrons. The van der Waals surface area contributed by atoms with Crippen LogP contribution in [0.5, 0.6) is 0 Å². The van der Waals surface area contributed by atoms with Gasteiger partial charge >= 0.3 is 0 Å². The molecule has 1 saturated carbocycles. The lowest BCUT2D eigenvalue weighted by Crippen LogP contribution is -2.48. The van der Waals surface area contributed by atoms with Crippen molar-refractivity contribution in [1.29, 1.82) is 0 Å². The number of rotatable bonds is 4. The fourth-order valence-electron chi connectivity index (χ4n) is 4.50. The summed E-state index contributed by atoms with van der Waals surface area (Å²) in [5.74, 6) is 0.385. The molecule has 2 heterocycles. The summed E-state index contributed by atoms with van der Waals surface area (Å²) in [7, 11) is 0. The van der Waals surface area contributed by atoms with E-state index in [9.17, 15) is 4.79 Å². The van der Waals surface area contributed by atoms with Crippen molar-refractivity contribution in [3.63, 3.8) is 0 Å². The molecule has 2 unspecified atom stereocenters. The lowest BCUT2D eigenvalue weighted by molar-refractivity contribution is -0.134. The summed E-state index contributed by atoms with van der Waals surface area (Å²) in [5.41, 5.74) is -0.206. The molecule has 1 N–H and O–H groups in total. The third kappa shape index (κ3) is 2.85. The molecule has 21 heavy (non-hydrogen) atoms. The molecule has 1 aliphatic carbocycles. The maximum atomic E-state index is 13.0. The van der Waals surface area contributed by atoms with Crippen molar-refractivity contribution in [3.05, 3.63) is 0 Å². The molecule has 2 aliphatic heterocycles. The second kappa shape index (κ2) is 6.25. The van der Waals surface area contributed by atoms with Crippen LogP contribution in [0.1, 0.15) is 65.2 Å². The minimum absolute atomic E-state index is 0.206. The maximum Gasteiger partial charge on any atom is 0.244 e. The SMILES string of the molecule is CCC1NC2(CCCC2)C(=O)N1CC(C)N1CCCCC1. The molecule has 0 aromatic rings. The van der Waals surface area contributed by atoms with Crippen molar-refractivity contribution in [2.45, 2.75) is 83.0 Å². The van der Waals surface area contributed by atoms with Crippen LogP contribution < -0.4 is 5.32 Å². The van der Waals surface area contributed by atoms with Crippen LogP contribution in [0.4, 0.5) is 0 Å². The van der Waals surface area contributed by atoms with E-state index in [1.54, 1.807) is 0 Å². The van der Waals surface area contributed by atoms with Gasteiger partial charge in [-0.05, 0) is 52.1 Å². The van der Waals surface area contributed by atoms with Crippen molar-refractivity contribution in [1.82, 2.24) is 15.1 Å². The van der Waals surface area contributed by atoms with Gasteiger partial charge in [0.05, 0.1) is 11.7 Å². The van der Waals surface area contributed by atoms with Crippen LogP contribution in [0.15, 0.2) is 0 Å². The molecule has 3 fully saturated rings. The molecule has 1 amide bonds. The van der Waals surface area contributed by atoms with E-state index in [-0.39, 0.29) is 11.7 Å². The maximum absolute atomic E-state index is 13.0. The predicted octanol–water partition coefficient (Wildman–Crippen LogP) is 2.34. The lowest BCUT2D eigenvalue weighted by atomic mass is 9.98. The lowest BCUT2D eigenvalue weighted by Gasteiger charge is -2.36. The highest BCUT2D eigenvalue weighted by atomic mass is 16.2. The Labute approximate surface area is 129 Å². The van der Waals surface area contributed by atoms with Crippen LogP contribution in [0.25, 0.3) is 0 Å². The summed E-state index contributed by atoms with van der Waals surface area (Å²) in [6.45, 7) is 7.80. The Morgan fingerprint density at radius 2 is 1.86 bits per heavy atom. The van der Waals surface area contributed by atoms with Gasteiger partial charge in [-0.25, -0.2) is 0 Å². The van der Waals surface area contributed by atoms with Crippen molar-refractivity contribution >= 4 is 5.91 Å². The molecule has 1 spiro atoms. The van der Waals surface area contributed by atoms with Crippen molar-refractivity contribution in [3.8, 4) is 0 Å². The van der Waals surface area contributed by atoms with E-state index < -0.39 is 0 Å². The van der Waals surface area contributed by atoms with Gasteiger partial charge in [0, 0.05) is 12.6 Å². The van der Waals surface area contributed by atoms with Crippen LogP contribution >= 0.6 is 0 Å². The quantitative estimate of drug-likeness (QED) is 0.864. The van der Waals surface area contributed by atoms with Gasteiger partial charge in [-0.3, -0.25) is 15.0 Å². The Morgan fingerprint density at radius 3 is 2.48 bits per heavy atom. The molecular formula is C17H31N3O. The summed E-state index contributed by atoms with van der Waals surface area (Å²) >= 11 is 0. The number of hydrogen-bond donors (Lipinski definition) is 1. The fourth-order valence-corrected chi connectivity index (χ4v) is 4.50. The summed E-state index contributed by atoms with van der Waals surface area (Å²) < 4.78 is 0. The standard InChI is InChI=1S/C17H31N3O/c1-3-15-18-17(9-5-6-10-17)16(21)20(15)13-14(2)19-11-7-4-8-12-19/h14-15,18H,3-13H2,1-2H3. The number of carbonyl (C=O) groups is 1. The number of hydrogen-bond acceptors (Lipinski definition) is 3. The molecule has 2 atom stereocenters. The Kier molecular flexibility index (Phi) is 4.55. The molecule has 3 rings (SSSR count). The average Bonchev–Trinajstić information content (AvgIpc) is 3.09. The first-order chi connectivity index (χ1) is 10.2. The zero-order valence-electron chi connectivity index (χ0n) is 13.7. The summed E-state index contributed by atoms with van der Waals surface area (Å²) in [5, 5.41) is 3.68. The van der Waals surface area contributed by atoms with Crippen molar-refractivity contribution in [2.24, 2.45) is 0 Å². The molecule has 2 saturated heterocycles. The highest BCUT2D eigenvalue weighted by Crippen LogP contribution is 2.37. The van der Waals surface area contributed by atoms with E-state index in [1.807, 2.05) is 0 Å². The van der Waals surface area contributed by atoms with E-state index in [4.69, 9.17) is 0 Å². The number of amides is 1. The van der Waals surface area contributed by atoms with Crippen LogP contribution in [-0.2, 0) is 4.79 Å². The number of piperidine rings is 1. The van der Waals surface area contributed by atoms with Gasteiger partial charge < -0.3 is 4.90 Å². The van der Waals surface area contributed by atoms with E-state index in [0.29, 0.717) is 11.9 Å². The first-order valence-corrected chi connectivity index (χ1v) is 8.99. The number of nitrogens with one attached hydrogen (secondary N) is 1. The van der Waals surface area contributed by atoms with Crippen molar-refractivity contribution in [2.75, 3.05) is 19.6 Å². The van der Waals surface area contributed by atoms with Crippen LogP contribution in [0, 0.1) is 0 Å². The first kappa shape index (κ1) is 15.3. The Bertz CT molecular complexity index is 372.